The number of benzene rings is 1. The van der Waals surface area contributed by atoms with Crippen LogP contribution in [0.4, 0.5) is 0 Å². The molecule has 0 N–H and O–H groups in total. The fourth-order valence-electron chi connectivity index (χ4n) is 3.91. The summed E-state index contributed by atoms with van der Waals surface area (Å²) in [4.78, 5) is 22.0. The number of hydrogen-bond acceptors (Lipinski definition) is 3. The predicted octanol–water partition coefficient (Wildman–Crippen LogP) is 3.58. The summed E-state index contributed by atoms with van der Waals surface area (Å²) in [6, 6.07) is 10.3. The average Bonchev–Trinajstić information content (AvgIpc) is 3.33. The quantitative estimate of drug-likeness (QED) is 0.852. The van der Waals surface area contributed by atoms with E-state index in [0.717, 1.165) is 17.2 Å². The fourth-order valence-corrected chi connectivity index (χ4v) is 3.91. The first-order chi connectivity index (χ1) is 11.6. The molecule has 4 rings (SSSR count). The van der Waals surface area contributed by atoms with Crippen LogP contribution in [0.1, 0.15) is 44.7 Å². The average molecular weight is 323 g/mol. The van der Waals surface area contributed by atoms with Crippen molar-refractivity contribution in [2.45, 2.75) is 45.2 Å². The van der Waals surface area contributed by atoms with Gasteiger partial charge in [0.05, 0.1) is 18.5 Å². The van der Waals surface area contributed by atoms with Gasteiger partial charge in [-0.3, -0.25) is 9.69 Å². The molecule has 1 saturated heterocycles. The van der Waals surface area contributed by atoms with Crippen molar-refractivity contribution in [1.29, 1.82) is 0 Å². The van der Waals surface area contributed by atoms with Gasteiger partial charge in [0.2, 0.25) is 11.9 Å². The van der Waals surface area contributed by atoms with Gasteiger partial charge in [0.1, 0.15) is 0 Å². The minimum atomic E-state index is -0.0690. The number of carbonyl (C=O) groups excluding carboxylic acids is 1. The van der Waals surface area contributed by atoms with Gasteiger partial charge < -0.3 is 4.90 Å². The molecule has 0 unspecified atom stereocenters. The number of nitrogens with zero attached hydrogens (tertiary/aromatic N) is 3. The third kappa shape index (κ3) is 2.54. The predicted molar refractivity (Wildman–Crippen MR) is 95.3 cm³/mol. The molecule has 1 saturated carbocycles. The smallest absolute Gasteiger partial charge is 0.236 e. The van der Waals surface area contributed by atoms with Gasteiger partial charge in [-0.05, 0) is 30.2 Å². The Labute approximate surface area is 143 Å². The Kier molecular flexibility index (Phi) is 3.70. The van der Waals surface area contributed by atoms with E-state index in [1.165, 1.54) is 12.8 Å². The van der Waals surface area contributed by atoms with E-state index in [9.17, 15) is 4.79 Å². The maximum absolute atomic E-state index is 13.0. The van der Waals surface area contributed by atoms with Crippen LogP contribution in [0.3, 0.4) is 0 Å². The first-order valence-electron chi connectivity index (χ1n) is 8.96. The van der Waals surface area contributed by atoms with Crippen LogP contribution in [0.5, 0.6) is 0 Å². The highest BCUT2D eigenvalue weighted by molar-refractivity contribution is 6.03. The monoisotopic (exact) mass is 323 g/mol. The number of hydrogen-bond donors (Lipinski definition) is 0. The fraction of sp³-hybridized carbons (Fsp3) is 0.500. The number of allylic oxidation sites excluding steroid dienone is 1. The van der Waals surface area contributed by atoms with Crippen LogP contribution in [0, 0.1) is 11.8 Å². The third-order valence-corrected chi connectivity index (χ3v) is 5.23. The summed E-state index contributed by atoms with van der Waals surface area (Å²) in [6.45, 7) is 4.44. The van der Waals surface area contributed by atoms with E-state index in [2.05, 4.69) is 44.0 Å². The van der Waals surface area contributed by atoms with Gasteiger partial charge in [0.25, 0.3) is 0 Å². The highest BCUT2D eigenvalue weighted by atomic mass is 16.2. The summed E-state index contributed by atoms with van der Waals surface area (Å²) in [6.07, 6.45) is 5.27. The van der Waals surface area contributed by atoms with Crippen LogP contribution in [0.25, 0.3) is 0 Å². The normalized spacial score (nSPS) is 28.6. The number of amides is 1. The Morgan fingerprint density at radius 3 is 2.54 bits per heavy atom. The zero-order valence-electron chi connectivity index (χ0n) is 14.6. The number of carbonyl (C=O) groups is 1. The Balaban J connectivity index is 1.75. The van der Waals surface area contributed by atoms with E-state index >= 15 is 0 Å². The van der Waals surface area contributed by atoms with E-state index in [-0.39, 0.29) is 18.0 Å². The first kappa shape index (κ1) is 15.4. The molecule has 2 atom stereocenters. The van der Waals surface area contributed by atoms with Crippen LogP contribution < -0.4 is 0 Å². The van der Waals surface area contributed by atoms with E-state index in [4.69, 9.17) is 4.99 Å². The van der Waals surface area contributed by atoms with E-state index in [0.29, 0.717) is 18.3 Å². The highest BCUT2D eigenvalue weighted by Gasteiger charge is 2.46. The molecule has 0 aromatic heterocycles. The molecule has 4 heteroatoms. The third-order valence-electron chi connectivity index (χ3n) is 5.23. The van der Waals surface area contributed by atoms with Crippen molar-refractivity contribution < 1.29 is 4.79 Å². The molecular formula is C20H25N3O. The lowest BCUT2D eigenvalue weighted by molar-refractivity contribution is -0.126. The number of rotatable bonds is 3. The molecule has 1 amide bonds. The van der Waals surface area contributed by atoms with Gasteiger partial charge >= 0.3 is 0 Å². The van der Waals surface area contributed by atoms with Crippen molar-refractivity contribution in [1.82, 2.24) is 9.80 Å². The molecule has 0 radical (unpaired) electrons. The van der Waals surface area contributed by atoms with Gasteiger partial charge in [-0.15, -0.1) is 0 Å². The maximum Gasteiger partial charge on any atom is 0.236 e. The molecule has 2 aliphatic heterocycles. The van der Waals surface area contributed by atoms with Crippen molar-refractivity contribution in [3.8, 4) is 0 Å². The molecule has 1 aromatic carbocycles. The summed E-state index contributed by atoms with van der Waals surface area (Å²) in [7, 11) is 2.07. The second-order valence-electron chi connectivity index (χ2n) is 7.52. The maximum atomic E-state index is 13.0. The van der Waals surface area contributed by atoms with Crippen molar-refractivity contribution in [3.05, 3.63) is 47.7 Å². The van der Waals surface area contributed by atoms with Crippen LogP contribution in [-0.2, 0) is 4.79 Å². The summed E-state index contributed by atoms with van der Waals surface area (Å²) in [5, 5.41) is 0. The molecule has 2 fully saturated rings. The Hall–Kier alpha value is -2.10. The zero-order valence-corrected chi connectivity index (χ0v) is 14.6. The Morgan fingerprint density at radius 2 is 1.92 bits per heavy atom. The largest absolute Gasteiger partial charge is 0.336 e. The number of fused-ring (bicyclic) bond motifs is 1. The minimum Gasteiger partial charge on any atom is -0.336 e. The molecule has 126 valence electrons. The lowest BCUT2D eigenvalue weighted by Gasteiger charge is -2.28. The second-order valence-corrected chi connectivity index (χ2v) is 7.52. The second kappa shape index (κ2) is 5.76. The van der Waals surface area contributed by atoms with Crippen LogP contribution in [0.15, 0.2) is 47.1 Å². The molecule has 0 bridgehead atoms. The van der Waals surface area contributed by atoms with Gasteiger partial charge in [0.15, 0.2) is 0 Å². The minimum absolute atomic E-state index is 0.0690. The van der Waals surface area contributed by atoms with Gasteiger partial charge in [0, 0.05) is 12.7 Å². The molecule has 1 aliphatic carbocycles. The van der Waals surface area contributed by atoms with Crippen LogP contribution in [-0.4, -0.2) is 34.8 Å². The molecular weight excluding hydrogens is 298 g/mol. The van der Waals surface area contributed by atoms with Crippen molar-refractivity contribution in [2.75, 3.05) is 7.05 Å². The molecule has 4 nitrogen and oxygen atoms in total. The molecule has 3 aliphatic rings. The van der Waals surface area contributed by atoms with Crippen LogP contribution in [0.2, 0.25) is 0 Å². The van der Waals surface area contributed by atoms with E-state index in [1.54, 1.807) is 0 Å². The number of aliphatic imine (C=N–C) groups is 1. The summed E-state index contributed by atoms with van der Waals surface area (Å²) >= 11 is 0. The van der Waals surface area contributed by atoms with Crippen LogP contribution >= 0.6 is 0 Å². The molecule has 0 spiro atoms. The van der Waals surface area contributed by atoms with Gasteiger partial charge in [-0.1, -0.05) is 50.3 Å². The van der Waals surface area contributed by atoms with Crippen molar-refractivity contribution in [2.24, 2.45) is 16.8 Å². The lowest BCUT2D eigenvalue weighted by Crippen LogP contribution is -2.40. The standard InChI is InChI=1S/C20H25N3O/c1-13(2)19-17(11-14-9-10-14)23-18(24)12-16(21-20(23)22(19)3)15-7-5-4-6-8-15/h4-8,11,13-14,16,19H,9-10,12H2,1-3H3/b17-11-/t16-,19+/m1/s1. The van der Waals surface area contributed by atoms with Crippen molar-refractivity contribution >= 4 is 11.9 Å². The molecule has 2 heterocycles. The number of likely N-dealkylation sites (N-methyl/N-ethyl adjacent to an activating group) is 1. The lowest BCUT2D eigenvalue weighted by atomic mass is 9.99. The topological polar surface area (TPSA) is 35.9 Å². The van der Waals surface area contributed by atoms with Crippen molar-refractivity contribution in [3.63, 3.8) is 0 Å². The SMILES string of the molecule is CC(C)[C@H]1/C(=C/C2CC2)N2C(=O)C[C@H](c3ccccc3)N=C2N1C. The Bertz CT molecular complexity index is 703. The van der Waals surface area contributed by atoms with Gasteiger partial charge in [-0.25, -0.2) is 4.99 Å². The summed E-state index contributed by atoms with van der Waals surface area (Å²) < 4.78 is 0. The van der Waals surface area contributed by atoms with E-state index in [1.807, 2.05) is 23.1 Å². The molecule has 24 heavy (non-hydrogen) atoms. The Morgan fingerprint density at radius 1 is 1.21 bits per heavy atom. The number of guanidine groups is 1. The van der Waals surface area contributed by atoms with E-state index < -0.39 is 0 Å². The first-order valence-corrected chi connectivity index (χ1v) is 8.96. The zero-order chi connectivity index (χ0) is 16.8. The van der Waals surface area contributed by atoms with Gasteiger partial charge in [-0.2, -0.15) is 0 Å². The summed E-state index contributed by atoms with van der Waals surface area (Å²) in [5.41, 5.74) is 2.28. The highest BCUT2D eigenvalue weighted by Crippen LogP contribution is 2.40. The molecule has 1 aromatic rings. The summed E-state index contributed by atoms with van der Waals surface area (Å²) in [5.74, 6) is 2.09.